The molecule has 1 aliphatic heterocycles. The molecular formula is C19H16Cl2N2O3. The molecule has 1 N–H and O–H groups in total. The van der Waals surface area contributed by atoms with Crippen LogP contribution in [0.4, 0.5) is 11.4 Å². The molecule has 0 aliphatic carbocycles. The van der Waals surface area contributed by atoms with E-state index < -0.39 is 0 Å². The van der Waals surface area contributed by atoms with Crippen molar-refractivity contribution in [1.29, 1.82) is 0 Å². The first kappa shape index (κ1) is 18.3. The Hall–Kier alpha value is -2.50. The summed E-state index contributed by atoms with van der Waals surface area (Å²) in [5, 5.41) is 3.76. The zero-order valence-corrected chi connectivity index (χ0v) is 15.5. The maximum absolute atomic E-state index is 12.1. The fourth-order valence-corrected chi connectivity index (χ4v) is 3.09. The normalized spacial score (nSPS) is 13.5. The molecule has 0 saturated carbocycles. The van der Waals surface area contributed by atoms with Gasteiger partial charge in [0.25, 0.3) is 5.91 Å². The molecule has 0 unspecified atom stereocenters. The summed E-state index contributed by atoms with van der Waals surface area (Å²) in [5.41, 5.74) is 1.97. The molecule has 0 atom stereocenters. The Morgan fingerprint density at radius 1 is 1.27 bits per heavy atom. The van der Waals surface area contributed by atoms with Crippen molar-refractivity contribution in [2.45, 2.75) is 6.92 Å². The predicted molar refractivity (Wildman–Crippen MR) is 104 cm³/mol. The zero-order valence-electron chi connectivity index (χ0n) is 14.0. The van der Waals surface area contributed by atoms with Crippen LogP contribution < -0.4 is 15.0 Å². The van der Waals surface area contributed by atoms with Crippen LogP contribution in [0.15, 0.2) is 42.5 Å². The molecule has 0 aromatic heterocycles. The Morgan fingerprint density at radius 3 is 2.81 bits per heavy atom. The number of halogens is 2. The van der Waals surface area contributed by atoms with E-state index in [2.05, 4.69) is 5.32 Å². The van der Waals surface area contributed by atoms with Gasteiger partial charge < -0.3 is 15.0 Å². The van der Waals surface area contributed by atoms with Gasteiger partial charge in [-0.3, -0.25) is 9.59 Å². The second kappa shape index (κ2) is 7.81. The van der Waals surface area contributed by atoms with Crippen LogP contribution >= 0.6 is 23.2 Å². The number of anilines is 2. The molecule has 0 saturated heterocycles. The van der Waals surface area contributed by atoms with Crippen molar-refractivity contribution in [3.05, 3.63) is 58.1 Å². The minimum Gasteiger partial charge on any atom is -0.481 e. The average Bonchev–Trinajstić information content (AvgIpc) is 2.61. The molecule has 7 heteroatoms. The highest BCUT2D eigenvalue weighted by Crippen LogP contribution is 2.34. The third kappa shape index (κ3) is 4.00. The van der Waals surface area contributed by atoms with E-state index in [-0.39, 0.29) is 18.4 Å². The Bertz CT molecular complexity index is 896. The average molecular weight is 391 g/mol. The van der Waals surface area contributed by atoms with E-state index >= 15 is 0 Å². The molecule has 2 aromatic carbocycles. The van der Waals surface area contributed by atoms with Gasteiger partial charge in [0.2, 0.25) is 5.91 Å². The molecule has 26 heavy (non-hydrogen) atoms. The van der Waals surface area contributed by atoms with Gasteiger partial charge in [0.15, 0.2) is 6.61 Å². The van der Waals surface area contributed by atoms with Gasteiger partial charge in [-0.25, -0.2) is 0 Å². The number of carbonyl (C=O) groups is 2. The lowest BCUT2D eigenvalue weighted by Gasteiger charge is -2.28. The summed E-state index contributed by atoms with van der Waals surface area (Å²) in [6.45, 7) is 2.45. The Kier molecular flexibility index (Phi) is 5.49. The molecule has 2 aromatic rings. The predicted octanol–water partition coefficient (Wildman–Crippen LogP) is 4.39. The van der Waals surface area contributed by atoms with E-state index in [9.17, 15) is 9.59 Å². The lowest BCUT2D eigenvalue weighted by molar-refractivity contribution is -0.121. The molecule has 1 heterocycles. The minimum absolute atomic E-state index is 0.00674. The number of fused-ring (bicyclic) bond motifs is 1. The molecular weight excluding hydrogens is 375 g/mol. The first-order valence-corrected chi connectivity index (χ1v) is 8.75. The first-order chi connectivity index (χ1) is 12.5. The lowest BCUT2D eigenvalue weighted by Crippen LogP contribution is -2.38. The van der Waals surface area contributed by atoms with Crippen molar-refractivity contribution in [1.82, 2.24) is 0 Å². The molecule has 1 aliphatic rings. The molecule has 0 spiro atoms. The topological polar surface area (TPSA) is 58.6 Å². The van der Waals surface area contributed by atoms with Crippen molar-refractivity contribution in [2.24, 2.45) is 0 Å². The number of benzene rings is 2. The number of amides is 2. The Labute approximate surface area is 161 Å². The largest absolute Gasteiger partial charge is 0.481 e. The van der Waals surface area contributed by atoms with E-state index in [0.717, 1.165) is 0 Å². The maximum Gasteiger partial charge on any atom is 0.265 e. The number of likely N-dealkylation sites (N-methyl/N-ethyl adjacent to an activating group) is 1. The fourth-order valence-electron chi connectivity index (χ4n) is 2.61. The van der Waals surface area contributed by atoms with Crippen LogP contribution in [0.1, 0.15) is 12.5 Å². The van der Waals surface area contributed by atoms with Crippen molar-refractivity contribution >= 4 is 52.5 Å². The molecule has 0 fully saturated rings. The van der Waals surface area contributed by atoms with Crippen LogP contribution in [0.2, 0.25) is 10.0 Å². The lowest BCUT2D eigenvalue weighted by atomic mass is 10.2. The summed E-state index contributed by atoms with van der Waals surface area (Å²) in [5.74, 6) is 0.170. The quantitative estimate of drug-likeness (QED) is 0.787. The highest BCUT2D eigenvalue weighted by atomic mass is 35.5. The molecule has 2 amide bonds. The monoisotopic (exact) mass is 390 g/mol. The van der Waals surface area contributed by atoms with Crippen molar-refractivity contribution in [2.75, 3.05) is 23.4 Å². The number of hydrogen-bond acceptors (Lipinski definition) is 3. The van der Waals surface area contributed by atoms with Crippen molar-refractivity contribution < 1.29 is 14.3 Å². The summed E-state index contributed by atoms with van der Waals surface area (Å²) >= 11 is 11.9. The highest BCUT2D eigenvalue weighted by Gasteiger charge is 2.24. The third-order valence-electron chi connectivity index (χ3n) is 3.86. The van der Waals surface area contributed by atoms with Gasteiger partial charge in [0.05, 0.1) is 5.69 Å². The second-order valence-electron chi connectivity index (χ2n) is 5.60. The van der Waals surface area contributed by atoms with E-state index in [0.29, 0.717) is 39.3 Å². The van der Waals surface area contributed by atoms with Gasteiger partial charge in [-0.15, -0.1) is 0 Å². The van der Waals surface area contributed by atoms with Crippen LogP contribution in [-0.4, -0.2) is 25.0 Å². The van der Waals surface area contributed by atoms with Gasteiger partial charge in [0.1, 0.15) is 5.75 Å². The van der Waals surface area contributed by atoms with Crippen LogP contribution in [0.3, 0.4) is 0 Å². The zero-order chi connectivity index (χ0) is 18.7. The van der Waals surface area contributed by atoms with Crippen molar-refractivity contribution in [3.8, 4) is 5.75 Å². The summed E-state index contributed by atoms with van der Waals surface area (Å²) in [7, 11) is 0. The van der Waals surface area contributed by atoms with Gasteiger partial charge >= 0.3 is 0 Å². The van der Waals surface area contributed by atoms with Crippen LogP contribution in [0.5, 0.6) is 5.75 Å². The van der Waals surface area contributed by atoms with Crippen LogP contribution in [0.25, 0.3) is 6.08 Å². The molecule has 134 valence electrons. The van der Waals surface area contributed by atoms with Gasteiger partial charge in [-0.1, -0.05) is 29.3 Å². The molecule has 0 radical (unpaired) electrons. The Balaban J connectivity index is 1.72. The summed E-state index contributed by atoms with van der Waals surface area (Å²) in [4.78, 5) is 25.6. The van der Waals surface area contributed by atoms with Gasteiger partial charge in [-0.05, 0) is 42.8 Å². The second-order valence-corrected chi connectivity index (χ2v) is 6.44. The van der Waals surface area contributed by atoms with E-state index in [1.165, 1.54) is 6.08 Å². The van der Waals surface area contributed by atoms with Crippen LogP contribution in [0, 0.1) is 0 Å². The van der Waals surface area contributed by atoms with Gasteiger partial charge in [0, 0.05) is 34.4 Å². The highest BCUT2D eigenvalue weighted by molar-refractivity contribution is 6.35. The molecule has 0 bridgehead atoms. The van der Waals surface area contributed by atoms with E-state index in [4.69, 9.17) is 27.9 Å². The number of carbonyl (C=O) groups excluding carboxylic acids is 2. The van der Waals surface area contributed by atoms with E-state index in [1.807, 2.05) is 6.92 Å². The SMILES string of the molecule is CCN1C(=O)COc2cc(NC(=O)/C=C/c3ccc(Cl)cc3Cl)ccc21. The Morgan fingerprint density at radius 2 is 2.08 bits per heavy atom. The van der Waals surface area contributed by atoms with Crippen LogP contribution in [-0.2, 0) is 9.59 Å². The standard InChI is InChI=1S/C19H16Cl2N2O3/c1-2-23-16-7-6-14(10-17(16)26-11-19(23)25)22-18(24)8-4-12-3-5-13(20)9-15(12)21/h3-10H,2,11H2,1H3,(H,22,24)/b8-4+. The van der Waals surface area contributed by atoms with Gasteiger partial charge in [-0.2, -0.15) is 0 Å². The van der Waals surface area contributed by atoms with E-state index in [1.54, 1.807) is 47.4 Å². The number of rotatable bonds is 4. The molecule has 5 nitrogen and oxygen atoms in total. The summed E-state index contributed by atoms with van der Waals surface area (Å²) in [6, 6.07) is 10.2. The number of nitrogens with one attached hydrogen (secondary N) is 1. The fraction of sp³-hybridized carbons (Fsp3) is 0.158. The van der Waals surface area contributed by atoms with Crippen molar-refractivity contribution in [3.63, 3.8) is 0 Å². The maximum atomic E-state index is 12.1. The summed E-state index contributed by atoms with van der Waals surface area (Å²) in [6.07, 6.45) is 3.00. The number of ether oxygens (including phenoxy) is 1. The number of nitrogens with zero attached hydrogens (tertiary/aromatic N) is 1. The summed E-state index contributed by atoms with van der Waals surface area (Å²) < 4.78 is 5.46. The third-order valence-corrected chi connectivity index (χ3v) is 4.43. The molecule has 3 rings (SSSR count). The smallest absolute Gasteiger partial charge is 0.265 e. The minimum atomic E-state index is -0.310. The first-order valence-electron chi connectivity index (χ1n) is 7.99. The number of hydrogen-bond donors (Lipinski definition) is 1.